The Labute approximate surface area is 52.7 Å². The Morgan fingerprint density at radius 3 is 1.44 bits per heavy atom. The summed E-state index contributed by atoms with van der Waals surface area (Å²) in [5.74, 6) is 0. The Hall–Kier alpha value is -1.45. The lowest BCUT2D eigenvalue weighted by atomic mass is 10.8. The number of nitrogens with zero attached hydrogens (tertiary/aromatic N) is 2. The van der Waals surface area contributed by atoms with Crippen LogP contribution in [0.15, 0.2) is 24.8 Å². The molecule has 0 unspecified atom stereocenters. The first-order valence-corrected chi connectivity index (χ1v) is 2.27. The largest absolute Gasteiger partial charge is 0.372 e. The maximum absolute atomic E-state index is 8.58. The molecule has 0 aromatic carbocycles. The molecule has 0 saturated heterocycles. The molecule has 4 heteroatoms. The average molecular weight is 125 g/mol. The standard InChI is InChI=1S/C4H4N2.CH3NO/c1-2-6-4-3-5-1;2-1-3/h1-4H;1H,(H2,2,3). The van der Waals surface area contributed by atoms with E-state index in [0.29, 0.717) is 0 Å². The third-order valence-corrected chi connectivity index (χ3v) is 0.478. The monoisotopic (exact) mass is 125 g/mol. The minimum Gasteiger partial charge on any atom is -0.372 e. The second kappa shape index (κ2) is 6.55. The van der Waals surface area contributed by atoms with Gasteiger partial charge in [0.2, 0.25) is 6.41 Å². The number of nitrogens with two attached hydrogens (primary N) is 1. The SMILES string of the molecule is NC=O.c1cnccn1. The summed E-state index contributed by atoms with van der Waals surface area (Å²) in [6, 6.07) is 0. The highest BCUT2D eigenvalue weighted by molar-refractivity contribution is 5.42. The van der Waals surface area contributed by atoms with Gasteiger partial charge in [0.1, 0.15) is 0 Å². The summed E-state index contributed by atoms with van der Waals surface area (Å²) in [7, 11) is 0. The van der Waals surface area contributed by atoms with E-state index in [4.69, 9.17) is 4.79 Å². The van der Waals surface area contributed by atoms with Gasteiger partial charge in [0.25, 0.3) is 0 Å². The topological polar surface area (TPSA) is 68.9 Å². The van der Waals surface area contributed by atoms with Crippen molar-refractivity contribution in [1.82, 2.24) is 9.97 Å². The van der Waals surface area contributed by atoms with E-state index in [1.54, 1.807) is 24.8 Å². The second-order valence-electron chi connectivity index (χ2n) is 1.03. The van der Waals surface area contributed by atoms with Gasteiger partial charge in [-0.05, 0) is 0 Å². The molecule has 9 heavy (non-hydrogen) atoms. The highest BCUT2D eigenvalue weighted by Gasteiger charge is 1.59. The van der Waals surface area contributed by atoms with Crippen LogP contribution in [0.5, 0.6) is 0 Å². The molecule has 1 aromatic heterocycles. The van der Waals surface area contributed by atoms with Gasteiger partial charge in [0.05, 0.1) is 0 Å². The van der Waals surface area contributed by atoms with Crippen molar-refractivity contribution in [2.24, 2.45) is 5.73 Å². The molecule has 1 aromatic rings. The van der Waals surface area contributed by atoms with Crippen LogP contribution < -0.4 is 5.73 Å². The summed E-state index contributed by atoms with van der Waals surface area (Å²) in [4.78, 5) is 16.0. The molecule has 1 amide bonds. The number of hydrogen-bond donors (Lipinski definition) is 1. The lowest BCUT2D eigenvalue weighted by molar-refractivity contribution is -0.106. The van der Waals surface area contributed by atoms with Crippen molar-refractivity contribution in [3.8, 4) is 0 Å². The molecule has 48 valence electrons. The molecule has 4 nitrogen and oxygen atoms in total. The Kier molecular flexibility index (Phi) is 5.49. The number of carbonyl (C=O) groups is 1. The van der Waals surface area contributed by atoms with Crippen LogP contribution in [0.4, 0.5) is 0 Å². The van der Waals surface area contributed by atoms with Crippen LogP contribution in [-0.4, -0.2) is 16.4 Å². The summed E-state index contributed by atoms with van der Waals surface area (Å²) in [6.45, 7) is 0. The zero-order valence-electron chi connectivity index (χ0n) is 4.77. The first kappa shape index (κ1) is 7.55. The summed E-state index contributed by atoms with van der Waals surface area (Å²) in [5.41, 5.74) is 4.17. The first-order valence-electron chi connectivity index (χ1n) is 2.27. The zero-order chi connectivity index (χ0) is 6.95. The van der Waals surface area contributed by atoms with E-state index in [1.165, 1.54) is 0 Å². The molecule has 0 bridgehead atoms. The van der Waals surface area contributed by atoms with Gasteiger partial charge in [-0.2, -0.15) is 0 Å². The van der Waals surface area contributed by atoms with Gasteiger partial charge in [0.15, 0.2) is 0 Å². The van der Waals surface area contributed by atoms with Gasteiger partial charge in [-0.1, -0.05) is 0 Å². The van der Waals surface area contributed by atoms with E-state index in [2.05, 4.69) is 15.7 Å². The normalized spacial score (nSPS) is 6.67. The van der Waals surface area contributed by atoms with Crippen molar-refractivity contribution in [2.75, 3.05) is 0 Å². The first-order chi connectivity index (χ1) is 4.41. The van der Waals surface area contributed by atoms with E-state index >= 15 is 0 Å². The minimum absolute atomic E-state index is 0.250. The second-order valence-corrected chi connectivity index (χ2v) is 1.03. The Morgan fingerprint density at radius 1 is 1.11 bits per heavy atom. The predicted octanol–water partition coefficient (Wildman–Crippen LogP) is -0.422. The molecule has 0 radical (unpaired) electrons. The van der Waals surface area contributed by atoms with Gasteiger partial charge in [-0.25, -0.2) is 0 Å². The van der Waals surface area contributed by atoms with Crippen LogP contribution >= 0.6 is 0 Å². The Morgan fingerprint density at radius 2 is 1.33 bits per heavy atom. The Bertz CT molecular complexity index is 115. The number of amides is 1. The third kappa shape index (κ3) is 6.55. The summed E-state index contributed by atoms with van der Waals surface area (Å²) in [6.07, 6.45) is 6.81. The van der Waals surface area contributed by atoms with Crippen LogP contribution in [0.3, 0.4) is 0 Å². The molecule has 0 fully saturated rings. The van der Waals surface area contributed by atoms with Crippen molar-refractivity contribution in [3.05, 3.63) is 24.8 Å². The molecule has 0 atom stereocenters. The molecule has 1 rings (SSSR count). The van der Waals surface area contributed by atoms with Crippen LogP contribution in [0, 0.1) is 0 Å². The van der Waals surface area contributed by atoms with E-state index in [1.807, 2.05) is 0 Å². The van der Waals surface area contributed by atoms with Gasteiger partial charge >= 0.3 is 0 Å². The van der Waals surface area contributed by atoms with Crippen molar-refractivity contribution >= 4 is 6.41 Å². The summed E-state index contributed by atoms with van der Waals surface area (Å²) < 4.78 is 0. The van der Waals surface area contributed by atoms with E-state index in [9.17, 15) is 0 Å². The zero-order valence-corrected chi connectivity index (χ0v) is 4.77. The fourth-order valence-corrected chi connectivity index (χ4v) is 0.253. The van der Waals surface area contributed by atoms with Crippen LogP contribution in [0.25, 0.3) is 0 Å². The molecule has 1 heterocycles. The molecule has 0 aliphatic carbocycles. The fraction of sp³-hybridized carbons (Fsp3) is 0. The van der Waals surface area contributed by atoms with Gasteiger partial charge in [-0.15, -0.1) is 0 Å². The summed E-state index contributed by atoms with van der Waals surface area (Å²) >= 11 is 0. The smallest absolute Gasteiger partial charge is 0.204 e. The number of carbonyl (C=O) groups excluding carboxylic acids is 1. The lowest BCUT2D eigenvalue weighted by Crippen LogP contribution is -1.82. The van der Waals surface area contributed by atoms with Crippen molar-refractivity contribution in [3.63, 3.8) is 0 Å². The number of primary amides is 1. The van der Waals surface area contributed by atoms with Crippen LogP contribution in [-0.2, 0) is 4.79 Å². The van der Waals surface area contributed by atoms with Crippen molar-refractivity contribution in [2.45, 2.75) is 0 Å². The Balaban J connectivity index is 0.000000187. The maximum atomic E-state index is 8.58. The highest BCUT2D eigenvalue weighted by Crippen LogP contribution is 1.65. The number of aromatic nitrogens is 2. The van der Waals surface area contributed by atoms with Gasteiger partial charge < -0.3 is 5.73 Å². The minimum atomic E-state index is 0.250. The van der Waals surface area contributed by atoms with Crippen molar-refractivity contribution in [1.29, 1.82) is 0 Å². The van der Waals surface area contributed by atoms with Crippen LogP contribution in [0.2, 0.25) is 0 Å². The van der Waals surface area contributed by atoms with Gasteiger partial charge in [0, 0.05) is 24.8 Å². The predicted molar refractivity (Wildman–Crippen MR) is 32.3 cm³/mol. The molecular formula is C5H7N3O. The van der Waals surface area contributed by atoms with E-state index in [0.717, 1.165) is 0 Å². The molecule has 0 aliphatic rings. The molecule has 0 saturated carbocycles. The number of hydrogen-bond acceptors (Lipinski definition) is 3. The summed E-state index contributed by atoms with van der Waals surface area (Å²) in [5, 5.41) is 0. The number of rotatable bonds is 0. The molecule has 0 aliphatic heterocycles. The molecule has 2 N–H and O–H groups in total. The van der Waals surface area contributed by atoms with E-state index < -0.39 is 0 Å². The highest BCUT2D eigenvalue weighted by atomic mass is 16.1. The lowest BCUT2D eigenvalue weighted by Gasteiger charge is -1.70. The maximum Gasteiger partial charge on any atom is 0.204 e. The third-order valence-electron chi connectivity index (χ3n) is 0.478. The molecule has 0 spiro atoms. The van der Waals surface area contributed by atoms with Gasteiger partial charge in [-0.3, -0.25) is 14.8 Å². The fourth-order valence-electron chi connectivity index (χ4n) is 0.253. The van der Waals surface area contributed by atoms with Crippen molar-refractivity contribution < 1.29 is 4.79 Å². The quantitative estimate of drug-likeness (QED) is 0.479. The van der Waals surface area contributed by atoms with Crippen LogP contribution in [0.1, 0.15) is 0 Å². The van der Waals surface area contributed by atoms with E-state index in [-0.39, 0.29) is 6.41 Å². The average Bonchev–Trinajstić information content (AvgIpc) is 1.93. The molecular weight excluding hydrogens is 118 g/mol.